The van der Waals surface area contributed by atoms with Gasteiger partial charge in [0.1, 0.15) is 5.82 Å². The van der Waals surface area contributed by atoms with Gasteiger partial charge in [-0.2, -0.15) is 0 Å². The van der Waals surface area contributed by atoms with E-state index in [1.54, 1.807) is 11.9 Å². The number of anilines is 1. The minimum Gasteiger partial charge on any atom is -0.399 e. The summed E-state index contributed by atoms with van der Waals surface area (Å²) in [5, 5.41) is 0. The first kappa shape index (κ1) is 13.5. The van der Waals surface area contributed by atoms with Crippen LogP contribution in [0.2, 0.25) is 0 Å². The lowest BCUT2D eigenvalue weighted by atomic mass is 10.1. The fourth-order valence-electron chi connectivity index (χ4n) is 1.71. The Balaban J connectivity index is 2.88. The molecule has 1 rings (SSSR count). The molecule has 4 heteroatoms. The van der Waals surface area contributed by atoms with Crippen molar-refractivity contribution < 1.29 is 9.18 Å². The lowest BCUT2D eigenvalue weighted by Gasteiger charge is -2.24. The summed E-state index contributed by atoms with van der Waals surface area (Å²) in [6.45, 7) is 4.01. The van der Waals surface area contributed by atoms with Crippen molar-refractivity contribution in [2.45, 2.75) is 32.7 Å². The Hall–Kier alpha value is -1.58. The molecule has 0 aliphatic rings. The number of amides is 1. The Bertz CT molecular complexity index is 406. The maximum atomic E-state index is 13.6. The van der Waals surface area contributed by atoms with Crippen molar-refractivity contribution in [2.24, 2.45) is 0 Å². The van der Waals surface area contributed by atoms with Gasteiger partial charge in [0.25, 0.3) is 5.91 Å². The number of nitrogens with two attached hydrogens (primary N) is 1. The van der Waals surface area contributed by atoms with E-state index in [9.17, 15) is 9.18 Å². The molecule has 0 fully saturated rings. The zero-order valence-corrected chi connectivity index (χ0v) is 10.5. The molecule has 2 N–H and O–H groups in total. The van der Waals surface area contributed by atoms with Gasteiger partial charge in [-0.3, -0.25) is 4.79 Å². The first-order valence-corrected chi connectivity index (χ1v) is 5.79. The van der Waals surface area contributed by atoms with Crippen LogP contribution in [0.15, 0.2) is 18.2 Å². The van der Waals surface area contributed by atoms with E-state index >= 15 is 0 Å². The summed E-state index contributed by atoms with van der Waals surface area (Å²) in [6, 6.07) is 4.24. The van der Waals surface area contributed by atoms with E-state index in [-0.39, 0.29) is 17.5 Å². The van der Waals surface area contributed by atoms with Crippen molar-refractivity contribution in [2.75, 3.05) is 12.8 Å². The molecule has 0 bridgehead atoms. The van der Waals surface area contributed by atoms with E-state index in [2.05, 4.69) is 6.92 Å². The summed E-state index contributed by atoms with van der Waals surface area (Å²) >= 11 is 0. The molecule has 1 aromatic rings. The molecule has 0 aliphatic heterocycles. The summed E-state index contributed by atoms with van der Waals surface area (Å²) in [5.74, 6) is -0.867. The third kappa shape index (κ3) is 3.19. The van der Waals surface area contributed by atoms with Crippen molar-refractivity contribution in [3.05, 3.63) is 29.6 Å². The van der Waals surface area contributed by atoms with Gasteiger partial charge >= 0.3 is 0 Å². The number of benzene rings is 1. The molecule has 17 heavy (non-hydrogen) atoms. The average molecular weight is 238 g/mol. The third-order valence-electron chi connectivity index (χ3n) is 2.91. The molecule has 94 valence electrons. The lowest BCUT2D eigenvalue weighted by Crippen LogP contribution is -2.35. The predicted octanol–water partition coefficient (Wildman–Crippen LogP) is 2.67. The van der Waals surface area contributed by atoms with Gasteiger partial charge < -0.3 is 10.6 Å². The molecule has 0 aromatic heterocycles. The Morgan fingerprint density at radius 1 is 1.53 bits per heavy atom. The van der Waals surface area contributed by atoms with Gasteiger partial charge in [0.15, 0.2) is 0 Å². The van der Waals surface area contributed by atoms with Gasteiger partial charge in [-0.25, -0.2) is 4.39 Å². The number of carbonyl (C=O) groups excluding carboxylic acids is 1. The highest BCUT2D eigenvalue weighted by molar-refractivity contribution is 5.94. The molecule has 0 radical (unpaired) electrons. The van der Waals surface area contributed by atoms with Crippen LogP contribution in [0.5, 0.6) is 0 Å². The zero-order chi connectivity index (χ0) is 13.0. The highest BCUT2D eigenvalue weighted by Gasteiger charge is 2.19. The van der Waals surface area contributed by atoms with Crippen LogP contribution in [0.25, 0.3) is 0 Å². The van der Waals surface area contributed by atoms with Crippen LogP contribution in [0.1, 0.15) is 37.0 Å². The smallest absolute Gasteiger partial charge is 0.256 e. The minimum absolute atomic E-state index is 0.0738. The second-order valence-corrected chi connectivity index (χ2v) is 4.29. The minimum atomic E-state index is -0.564. The summed E-state index contributed by atoms with van der Waals surface area (Å²) in [6.07, 6.45) is 1.89. The van der Waals surface area contributed by atoms with Crippen LogP contribution in [0.3, 0.4) is 0 Å². The standard InChI is InChI=1S/C13H19FN2O/c1-4-5-9(2)16(3)13(17)11-7-6-10(15)8-12(11)14/h6-9H,4-5,15H2,1-3H3. The Morgan fingerprint density at radius 2 is 2.18 bits per heavy atom. The number of halogens is 1. The monoisotopic (exact) mass is 238 g/mol. The first-order valence-electron chi connectivity index (χ1n) is 5.79. The Morgan fingerprint density at radius 3 is 2.71 bits per heavy atom. The van der Waals surface area contributed by atoms with Gasteiger partial charge in [0, 0.05) is 18.8 Å². The largest absolute Gasteiger partial charge is 0.399 e. The van der Waals surface area contributed by atoms with Crippen LogP contribution in [0, 0.1) is 5.82 Å². The molecule has 0 saturated heterocycles. The molecule has 1 unspecified atom stereocenters. The maximum Gasteiger partial charge on any atom is 0.256 e. The van der Waals surface area contributed by atoms with Crippen LogP contribution < -0.4 is 5.73 Å². The quantitative estimate of drug-likeness (QED) is 0.820. The van der Waals surface area contributed by atoms with E-state index in [1.165, 1.54) is 18.2 Å². The van der Waals surface area contributed by atoms with Crippen molar-refractivity contribution >= 4 is 11.6 Å². The van der Waals surface area contributed by atoms with Gasteiger partial charge in [0.2, 0.25) is 0 Å². The van der Waals surface area contributed by atoms with Gasteiger partial charge in [-0.15, -0.1) is 0 Å². The third-order valence-corrected chi connectivity index (χ3v) is 2.91. The molecule has 3 nitrogen and oxygen atoms in total. The SMILES string of the molecule is CCCC(C)N(C)C(=O)c1ccc(N)cc1F. The fourth-order valence-corrected chi connectivity index (χ4v) is 1.71. The average Bonchev–Trinajstić information content (AvgIpc) is 2.27. The molecule has 0 heterocycles. The number of hydrogen-bond donors (Lipinski definition) is 1. The predicted molar refractivity (Wildman–Crippen MR) is 67.3 cm³/mol. The molecular weight excluding hydrogens is 219 g/mol. The Labute approximate surface area is 101 Å². The van der Waals surface area contributed by atoms with Gasteiger partial charge in [-0.05, 0) is 31.5 Å². The van der Waals surface area contributed by atoms with E-state index in [1.807, 2.05) is 6.92 Å². The number of carbonyl (C=O) groups is 1. The normalized spacial score (nSPS) is 12.2. The van der Waals surface area contributed by atoms with Crippen LogP contribution >= 0.6 is 0 Å². The van der Waals surface area contributed by atoms with E-state index in [0.717, 1.165) is 12.8 Å². The second-order valence-electron chi connectivity index (χ2n) is 4.29. The first-order chi connectivity index (χ1) is 7.97. The topological polar surface area (TPSA) is 46.3 Å². The lowest BCUT2D eigenvalue weighted by molar-refractivity contribution is 0.0732. The fraction of sp³-hybridized carbons (Fsp3) is 0.462. The highest BCUT2D eigenvalue weighted by atomic mass is 19.1. The van der Waals surface area contributed by atoms with Gasteiger partial charge in [-0.1, -0.05) is 13.3 Å². The van der Waals surface area contributed by atoms with Crippen LogP contribution in [-0.2, 0) is 0 Å². The zero-order valence-electron chi connectivity index (χ0n) is 10.5. The Kier molecular flexibility index (Phi) is 4.49. The summed E-state index contributed by atoms with van der Waals surface area (Å²) in [7, 11) is 1.69. The van der Waals surface area contributed by atoms with Crippen molar-refractivity contribution in [1.82, 2.24) is 4.90 Å². The van der Waals surface area contributed by atoms with E-state index in [0.29, 0.717) is 5.69 Å². The van der Waals surface area contributed by atoms with Crippen molar-refractivity contribution in [3.8, 4) is 0 Å². The molecule has 0 saturated carbocycles. The number of rotatable bonds is 4. The van der Waals surface area contributed by atoms with Crippen molar-refractivity contribution in [3.63, 3.8) is 0 Å². The van der Waals surface area contributed by atoms with Gasteiger partial charge in [0.05, 0.1) is 5.56 Å². The molecule has 0 spiro atoms. The number of nitrogen functional groups attached to an aromatic ring is 1. The second kappa shape index (κ2) is 5.66. The summed E-state index contributed by atoms with van der Waals surface area (Å²) < 4.78 is 13.6. The molecule has 0 aliphatic carbocycles. The molecule has 1 amide bonds. The maximum absolute atomic E-state index is 13.6. The van der Waals surface area contributed by atoms with Crippen LogP contribution in [0.4, 0.5) is 10.1 Å². The number of hydrogen-bond acceptors (Lipinski definition) is 2. The van der Waals surface area contributed by atoms with E-state index in [4.69, 9.17) is 5.73 Å². The summed E-state index contributed by atoms with van der Waals surface area (Å²) in [5.41, 5.74) is 5.84. The number of nitrogens with zero attached hydrogens (tertiary/aromatic N) is 1. The molecule has 1 aromatic carbocycles. The van der Waals surface area contributed by atoms with Crippen molar-refractivity contribution in [1.29, 1.82) is 0 Å². The summed E-state index contributed by atoms with van der Waals surface area (Å²) in [4.78, 5) is 13.6. The highest BCUT2D eigenvalue weighted by Crippen LogP contribution is 2.15. The van der Waals surface area contributed by atoms with Crippen LogP contribution in [-0.4, -0.2) is 23.9 Å². The van der Waals surface area contributed by atoms with E-state index < -0.39 is 5.82 Å². The molecule has 1 atom stereocenters. The molecular formula is C13H19FN2O.